The Morgan fingerprint density at radius 1 is 0.571 bits per heavy atom. The van der Waals surface area contributed by atoms with E-state index in [1.54, 1.807) is 0 Å². The van der Waals surface area contributed by atoms with Gasteiger partial charge in [0.15, 0.2) is 0 Å². The summed E-state index contributed by atoms with van der Waals surface area (Å²) in [4.78, 5) is 20.9. The molecule has 184 valence electrons. The molecular formula is C25H34N10. The maximum atomic E-state index is 6.30. The van der Waals surface area contributed by atoms with Gasteiger partial charge in [-0.25, -0.2) is 0 Å². The molecule has 0 amide bonds. The van der Waals surface area contributed by atoms with Gasteiger partial charge in [-0.1, -0.05) is 36.4 Å². The number of benzene rings is 2. The van der Waals surface area contributed by atoms with Crippen molar-refractivity contribution >= 4 is 29.2 Å². The molecule has 2 fully saturated rings. The molecule has 5 rings (SSSR count). The molecule has 4 atom stereocenters. The van der Waals surface area contributed by atoms with Crippen LogP contribution in [0.5, 0.6) is 0 Å². The van der Waals surface area contributed by atoms with Crippen LogP contribution in [0.3, 0.4) is 0 Å². The fourth-order valence-electron chi connectivity index (χ4n) is 4.94. The third-order valence-electron chi connectivity index (χ3n) is 6.43. The van der Waals surface area contributed by atoms with E-state index in [0.29, 0.717) is 44.0 Å². The first-order chi connectivity index (χ1) is 17.0. The predicted octanol–water partition coefficient (Wildman–Crippen LogP) is 1.07. The lowest BCUT2D eigenvalue weighted by molar-refractivity contribution is 0.441. The Balaban J connectivity index is 1.63. The lowest BCUT2D eigenvalue weighted by Gasteiger charge is -2.37. The Labute approximate surface area is 205 Å². The number of hydrogen-bond acceptors (Lipinski definition) is 10. The maximum Gasteiger partial charge on any atom is 0.241 e. The number of para-hydroxylation sites is 2. The van der Waals surface area contributed by atoms with Crippen molar-refractivity contribution in [1.29, 1.82) is 0 Å². The zero-order valence-electron chi connectivity index (χ0n) is 19.8. The van der Waals surface area contributed by atoms with Gasteiger partial charge in [0, 0.05) is 61.7 Å². The molecule has 3 aromatic rings. The van der Waals surface area contributed by atoms with Crippen molar-refractivity contribution in [2.45, 2.75) is 37.0 Å². The lowest BCUT2D eigenvalue weighted by Crippen LogP contribution is -2.54. The monoisotopic (exact) mass is 474 g/mol. The third-order valence-corrected chi connectivity index (χ3v) is 6.43. The van der Waals surface area contributed by atoms with Crippen LogP contribution in [0.15, 0.2) is 60.7 Å². The van der Waals surface area contributed by atoms with Crippen LogP contribution in [0.25, 0.3) is 0 Å². The SMILES string of the molecule is NC1CC(N)CN(c2nc(N3CC(N)CC(N)C3)nc(N(c3ccccc3)c3ccccc3)n2)C1. The molecule has 2 aliphatic heterocycles. The van der Waals surface area contributed by atoms with E-state index in [-0.39, 0.29) is 24.2 Å². The van der Waals surface area contributed by atoms with Crippen LogP contribution in [-0.4, -0.2) is 65.3 Å². The van der Waals surface area contributed by atoms with E-state index < -0.39 is 0 Å². The second kappa shape index (κ2) is 10.1. The summed E-state index contributed by atoms with van der Waals surface area (Å²) < 4.78 is 0. The number of rotatable bonds is 5. The van der Waals surface area contributed by atoms with Crippen LogP contribution in [-0.2, 0) is 0 Å². The first kappa shape index (κ1) is 23.4. The number of nitrogens with two attached hydrogens (primary N) is 4. The zero-order chi connectivity index (χ0) is 24.4. The maximum absolute atomic E-state index is 6.30. The summed E-state index contributed by atoms with van der Waals surface area (Å²) in [6.45, 7) is 2.52. The minimum absolute atomic E-state index is 0.0430. The summed E-state index contributed by atoms with van der Waals surface area (Å²) >= 11 is 0. The van der Waals surface area contributed by atoms with Gasteiger partial charge >= 0.3 is 0 Å². The van der Waals surface area contributed by atoms with Crippen molar-refractivity contribution in [2.24, 2.45) is 22.9 Å². The average molecular weight is 475 g/mol. The quantitative estimate of drug-likeness (QED) is 0.422. The van der Waals surface area contributed by atoms with Gasteiger partial charge in [0.1, 0.15) is 0 Å². The third kappa shape index (κ3) is 5.35. The standard InChI is InChI=1S/C25H34N10/c26-17-11-18(27)14-33(13-17)23-30-24(34-15-19(28)12-20(29)16-34)32-25(31-23)35(21-7-3-1-4-8-21)22-9-5-2-6-10-22/h1-10,17-20H,11-16,26-29H2. The highest BCUT2D eigenvalue weighted by Gasteiger charge is 2.30. The molecule has 10 nitrogen and oxygen atoms in total. The highest BCUT2D eigenvalue weighted by Crippen LogP contribution is 2.34. The van der Waals surface area contributed by atoms with E-state index in [2.05, 4.69) is 9.80 Å². The molecule has 0 saturated carbocycles. The second-order valence-electron chi connectivity index (χ2n) is 9.56. The van der Waals surface area contributed by atoms with Crippen LogP contribution >= 0.6 is 0 Å². The summed E-state index contributed by atoms with van der Waals surface area (Å²) in [6, 6.07) is 20.0. The van der Waals surface area contributed by atoms with Gasteiger partial charge in [0.2, 0.25) is 17.8 Å². The Morgan fingerprint density at radius 2 is 0.943 bits per heavy atom. The first-order valence-electron chi connectivity index (χ1n) is 12.1. The molecule has 0 aliphatic carbocycles. The molecule has 0 spiro atoms. The number of aromatic nitrogens is 3. The first-order valence-corrected chi connectivity index (χ1v) is 12.1. The molecule has 35 heavy (non-hydrogen) atoms. The van der Waals surface area contributed by atoms with Gasteiger partial charge in [0.05, 0.1) is 0 Å². The van der Waals surface area contributed by atoms with Gasteiger partial charge < -0.3 is 32.7 Å². The van der Waals surface area contributed by atoms with E-state index in [9.17, 15) is 0 Å². The van der Waals surface area contributed by atoms with Crippen molar-refractivity contribution < 1.29 is 0 Å². The molecule has 8 N–H and O–H groups in total. The van der Waals surface area contributed by atoms with Crippen LogP contribution in [0.2, 0.25) is 0 Å². The Kier molecular flexibility index (Phi) is 6.78. The Hall–Kier alpha value is -3.31. The summed E-state index contributed by atoms with van der Waals surface area (Å²) in [5, 5.41) is 0. The summed E-state index contributed by atoms with van der Waals surface area (Å²) in [7, 11) is 0. The van der Waals surface area contributed by atoms with Gasteiger partial charge in [-0.05, 0) is 37.1 Å². The van der Waals surface area contributed by atoms with Crippen molar-refractivity contribution in [3.63, 3.8) is 0 Å². The minimum atomic E-state index is -0.0430. The van der Waals surface area contributed by atoms with Crippen molar-refractivity contribution in [1.82, 2.24) is 15.0 Å². The van der Waals surface area contributed by atoms with Crippen LogP contribution in [0, 0.1) is 0 Å². The molecule has 10 heteroatoms. The summed E-state index contributed by atoms with van der Waals surface area (Å²) in [5.74, 6) is 1.63. The van der Waals surface area contributed by atoms with Crippen molar-refractivity contribution in [3.05, 3.63) is 60.7 Å². The number of anilines is 5. The molecule has 0 radical (unpaired) electrons. The number of hydrogen-bond donors (Lipinski definition) is 4. The van der Waals surface area contributed by atoms with E-state index in [1.165, 1.54) is 0 Å². The molecule has 0 bridgehead atoms. The fraction of sp³-hybridized carbons (Fsp3) is 0.400. The van der Waals surface area contributed by atoms with E-state index >= 15 is 0 Å². The van der Waals surface area contributed by atoms with Crippen LogP contribution in [0.4, 0.5) is 29.2 Å². The molecule has 2 aromatic carbocycles. The van der Waals surface area contributed by atoms with E-state index in [0.717, 1.165) is 24.2 Å². The van der Waals surface area contributed by atoms with Crippen molar-refractivity contribution in [3.8, 4) is 0 Å². The second-order valence-corrected chi connectivity index (χ2v) is 9.56. The molecule has 4 unspecified atom stereocenters. The van der Waals surface area contributed by atoms with Crippen LogP contribution < -0.4 is 37.6 Å². The Bertz CT molecular complexity index is 1010. The molecule has 2 aliphatic rings. The molecule has 1 aromatic heterocycles. The van der Waals surface area contributed by atoms with E-state index in [1.807, 2.05) is 65.6 Å². The number of piperidine rings is 2. The highest BCUT2D eigenvalue weighted by atomic mass is 15.4. The normalized spacial score (nSPS) is 24.9. The summed E-state index contributed by atoms with van der Waals surface area (Å²) in [5.41, 5.74) is 27.1. The van der Waals surface area contributed by atoms with Gasteiger partial charge in [0.25, 0.3) is 0 Å². The van der Waals surface area contributed by atoms with Crippen molar-refractivity contribution in [2.75, 3.05) is 40.9 Å². The summed E-state index contributed by atoms with van der Waals surface area (Å²) in [6.07, 6.45) is 1.55. The topological polar surface area (TPSA) is 152 Å². The fourth-order valence-corrected chi connectivity index (χ4v) is 4.94. The highest BCUT2D eigenvalue weighted by molar-refractivity contribution is 5.73. The minimum Gasteiger partial charge on any atom is -0.338 e. The van der Waals surface area contributed by atoms with Crippen LogP contribution in [0.1, 0.15) is 12.8 Å². The van der Waals surface area contributed by atoms with Gasteiger partial charge in [-0.3, -0.25) is 4.90 Å². The van der Waals surface area contributed by atoms with E-state index in [4.69, 9.17) is 37.9 Å². The largest absolute Gasteiger partial charge is 0.338 e. The van der Waals surface area contributed by atoms with Gasteiger partial charge in [-0.15, -0.1) is 0 Å². The molecule has 3 heterocycles. The predicted molar refractivity (Wildman–Crippen MR) is 140 cm³/mol. The number of nitrogens with zero attached hydrogens (tertiary/aromatic N) is 6. The smallest absolute Gasteiger partial charge is 0.241 e. The Morgan fingerprint density at radius 3 is 1.31 bits per heavy atom. The molecular weight excluding hydrogens is 440 g/mol. The average Bonchev–Trinajstić information content (AvgIpc) is 2.84. The zero-order valence-corrected chi connectivity index (χ0v) is 19.8. The molecule has 2 saturated heterocycles. The lowest BCUT2D eigenvalue weighted by atomic mass is 10.0. The van der Waals surface area contributed by atoms with Gasteiger partial charge in [-0.2, -0.15) is 15.0 Å².